The monoisotopic (exact) mass is 344 g/mol. The molecule has 0 saturated carbocycles. The molecule has 1 aliphatic rings. The zero-order valence-corrected chi connectivity index (χ0v) is 14.1. The van der Waals surface area contributed by atoms with E-state index in [4.69, 9.17) is 21.1 Å². The number of rotatable bonds is 5. The van der Waals surface area contributed by atoms with Crippen LogP contribution in [0.15, 0.2) is 36.4 Å². The van der Waals surface area contributed by atoms with E-state index in [1.165, 1.54) is 24.3 Å². The third kappa shape index (κ3) is 3.44. The lowest BCUT2D eigenvalue weighted by Gasteiger charge is -2.09. The minimum Gasteiger partial charge on any atom is -0.496 e. The Labute approximate surface area is 145 Å². The van der Waals surface area contributed by atoms with Gasteiger partial charge in [-0.1, -0.05) is 23.7 Å². The maximum absolute atomic E-state index is 12.3. The number of hydrogen-bond acceptors (Lipinski definition) is 4. The van der Waals surface area contributed by atoms with Crippen molar-refractivity contribution in [1.29, 1.82) is 0 Å². The molecule has 0 radical (unpaired) electrons. The molecule has 0 bridgehead atoms. The van der Waals surface area contributed by atoms with Crippen LogP contribution in [0.1, 0.15) is 38.3 Å². The number of Topliss-reactive ketones (excluding diaryl/α,β-unsaturated/α-hetero) is 1. The number of ether oxygens (including phenoxy) is 2. The van der Waals surface area contributed by atoms with Crippen LogP contribution in [-0.2, 0) is 17.6 Å². The second-order valence-electron chi connectivity index (χ2n) is 5.68. The minimum atomic E-state index is -0.635. The predicted octanol–water partition coefficient (Wildman–Crippen LogP) is 3.88. The van der Waals surface area contributed by atoms with Crippen LogP contribution in [0.5, 0.6) is 5.75 Å². The fourth-order valence-electron chi connectivity index (χ4n) is 2.88. The van der Waals surface area contributed by atoms with Crippen LogP contribution in [0.2, 0.25) is 5.02 Å². The fraction of sp³-hybridized carbons (Fsp3) is 0.263. The second-order valence-corrected chi connectivity index (χ2v) is 6.12. The van der Waals surface area contributed by atoms with Gasteiger partial charge < -0.3 is 9.47 Å². The molecule has 2 aromatic rings. The van der Waals surface area contributed by atoms with Gasteiger partial charge in [0.25, 0.3) is 0 Å². The molecule has 0 aromatic heterocycles. The van der Waals surface area contributed by atoms with Crippen LogP contribution >= 0.6 is 11.6 Å². The van der Waals surface area contributed by atoms with Gasteiger partial charge in [0.1, 0.15) is 11.3 Å². The van der Waals surface area contributed by atoms with Gasteiger partial charge in [0, 0.05) is 10.6 Å². The zero-order valence-electron chi connectivity index (χ0n) is 13.3. The van der Waals surface area contributed by atoms with Gasteiger partial charge >= 0.3 is 5.97 Å². The van der Waals surface area contributed by atoms with Crippen molar-refractivity contribution < 1.29 is 19.1 Å². The van der Waals surface area contributed by atoms with Gasteiger partial charge in [0.05, 0.1) is 7.11 Å². The maximum Gasteiger partial charge on any atom is 0.342 e. The van der Waals surface area contributed by atoms with E-state index in [1.54, 1.807) is 18.2 Å². The van der Waals surface area contributed by atoms with Crippen molar-refractivity contribution in [2.75, 3.05) is 13.7 Å². The highest BCUT2D eigenvalue weighted by molar-refractivity contribution is 6.31. The van der Waals surface area contributed by atoms with Gasteiger partial charge in [-0.2, -0.15) is 0 Å². The molecule has 0 aliphatic heterocycles. The van der Waals surface area contributed by atoms with Gasteiger partial charge in [-0.25, -0.2) is 4.79 Å². The summed E-state index contributed by atoms with van der Waals surface area (Å²) >= 11 is 5.90. The number of benzene rings is 2. The summed E-state index contributed by atoms with van der Waals surface area (Å²) in [6.45, 7) is -0.312. The van der Waals surface area contributed by atoms with E-state index in [2.05, 4.69) is 0 Å². The molecule has 1 aliphatic carbocycles. The van der Waals surface area contributed by atoms with Gasteiger partial charge in [-0.15, -0.1) is 0 Å². The van der Waals surface area contributed by atoms with Crippen molar-refractivity contribution in [1.82, 2.24) is 0 Å². The first-order chi connectivity index (χ1) is 11.6. The molecule has 5 heteroatoms. The topological polar surface area (TPSA) is 52.6 Å². The molecule has 24 heavy (non-hydrogen) atoms. The first-order valence-corrected chi connectivity index (χ1v) is 8.12. The normalized spacial score (nSPS) is 12.6. The summed E-state index contributed by atoms with van der Waals surface area (Å²) in [6, 6.07) is 10.3. The van der Waals surface area contributed by atoms with E-state index in [0.29, 0.717) is 16.3 Å². The molecule has 2 aromatic carbocycles. The molecule has 0 saturated heterocycles. The van der Waals surface area contributed by atoms with Crippen LogP contribution < -0.4 is 4.74 Å². The molecule has 124 valence electrons. The molecule has 0 unspecified atom stereocenters. The second kappa shape index (κ2) is 7.05. The average Bonchev–Trinajstić information content (AvgIpc) is 3.06. The SMILES string of the molecule is COc1ccc(Cl)cc1C(=O)OCC(=O)c1ccc2c(c1)CCC2. The Balaban J connectivity index is 1.68. The quantitative estimate of drug-likeness (QED) is 0.610. The molecule has 0 spiro atoms. The molecule has 0 heterocycles. The Kier molecular flexibility index (Phi) is 4.86. The first kappa shape index (κ1) is 16.5. The lowest BCUT2D eigenvalue weighted by molar-refractivity contribution is 0.0471. The van der Waals surface area contributed by atoms with E-state index in [-0.39, 0.29) is 18.0 Å². The van der Waals surface area contributed by atoms with Crippen LogP contribution in [0, 0.1) is 0 Å². The molecule has 4 nitrogen and oxygen atoms in total. The molecule has 0 N–H and O–H groups in total. The smallest absolute Gasteiger partial charge is 0.342 e. The van der Waals surface area contributed by atoms with Crippen LogP contribution in [0.4, 0.5) is 0 Å². The summed E-state index contributed by atoms with van der Waals surface area (Å²) in [7, 11) is 1.45. The number of fused-ring (bicyclic) bond motifs is 1. The number of halogens is 1. The first-order valence-electron chi connectivity index (χ1n) is 7.74. The van der Waals surface area contributed by atoms with Crippen molar-refractivity contribution in [3.63, 3.8) is 0 Å². The van der Waals surface area contributed by atoms with E-state index in [1.807, 2.05) is 12.1 Å². The van der Waals surface area contributed by atoms with Crippen LogP contribution in [-0.4, -0.2) is 25.5 Å². The van der Waals surface area contributed by atoms with Crippen LogP contribution in [0.25, 0.3) is 0 Å². The van der Waals surface area contributed by atoms with Crippen molar-refractivity contribution in [3.05, 3.63) is 63.7 Å². The Hall–Kier alpha value is -2.33. The largest absolute Gasteiger partial charge is 0.496 e. The summed E-state index contributed by atoms with van der Waals surface area (Å²) in [4.78, 5) is 24.5. The van der Waals surface area contributed by atoms with E-state index in [0.717, 1.165) is 19.3 Å². The van der Waals surface area contributed by atoms with Gasteiger partial charge in [-0.3, -0.25) is 4.79 Å². The summed E-state index contributed by atoms with van der Waals surface area (Å²) in [5.74, 6) is -0.503. The lowest BCUT2D eigenvalue weighted by Crippen LogP contribution is -2.15. The summed E-state index contributed by atoms with van der Waals surface area (Å²) in [5, 5.41) is 0.396. The Bertz CT molecular complexity index is 798. The number of aryl methyl sites for hydroxylation is 2. The van der Waals surface area contributed by atoms with Gasteiger partial charge in [0.2, 0.25) is 0 Å². The molecule has 0 fully saturated rings. The highest BCUT2D eigenvalue weighted by Crippen LogP contribution is 2.24. The molecule has 3 rings (SSSR count). The number of carbonyl (C=O) groups excluding carboxylic acids is 2. The van der Waals surface area contributed by atoms with Crippen LogP contribution in [0.3, 0.4) is 0 Å². The summed E-state index contributed by atoms with van der Waals surface area (Å²) in [5.41, 5.74) is 3.28. The average molecular weight is 345 g/mol. The number of methoxy groups -OCH3 is 1. The molecule has 0 atom stereocenters. The van der Waals surface area contributed by atoms with Crippen molar-refractivity contribution in [2.24, 2.45) is 0 Å². The third-order valence-corrected chi connectivity index (χ3v) is 4.37. The van der Waals surface area contributed by atoms with Gasteiger partial charge in [0.15, 0.2) is 12.4 Å². The fourth-order valence-corrected chi connectivity index (χ4v) is 3.05. The summed E-state index contributed by atoms with van der Waals surface area (Å²) in [6.07, 6.45) is 3.18. The van der Waals surface area contributed by atoms with E-state index < -0.39 is 5.97 Å². The number of esters is 1. The molecular weight excluding hydrogens is 328 g/mol. The van der Waals surface area contributed by atoms with E-state index in [9.17, 15) is 9.59 Å². The highest BCUT2D eigenvalue weighted by Gasteiger charge is 2.18. The Morgan fingerprint density at radius 2 is 1.88 bits per heavy atom. The number of hydrogen-bond donors (Lipinski definition) is 0. The Morgan fingerprint density at radius 3 is 2.67 bits per heavy atom. The zero-order chi connectivity index (χ0) is 17.1. The van der Waals surface area contributed by atoms with Gasteiger partial charge in [-0.05, 0) is 54.7 Å². The van der Waals surface area contributed by atoms with Crippen molar-refractivity contribution in [3.8, 4) is 5.75 Å². The van der Waals surface area contributed by atoms with Crippen molar-refractivity contribution in [2.45, 2.75) is 19.3 Å². The lowest BCUT2D eigenvalue weighted by atomic mass is 10.0. The summed E-state index contributed by atoms with van der Waals surface area (Å²) < 4.78 is 10.3. The maximum atomic E-state index is 12.3. The molecule has 0 amide bonds. The third-order valence-electron chi connectivity index (χ3n) is 4.14. The van der Waals surface area contributed by atoms with E-state index >= 15 is 0 Å². The predicted molar refractivity (Wildman–Crippen MR) is 91.1 cm³/mol. The minimum absolute atomic E-state index is 0.201. The standard InChI is InChI=1S/C19H17ClO4/c1-23-18-8-7-15(20)10-16(18)19(22)24-11-17(21)14-6-5-12-3-2-4-13(12)9-14/h5-10H,2-4,11H2,1H3. The highest BCUT2D eigenvalue weighted by atomic mass is 35.5. The number of carbonyl (C=O) groups is 2. The van der Waals surface area contributed by atoms with Crippen molar-refractivity contribution >= 4 is 23.4 Å². The Morgan fingerprint density at radius 1 is 1.08 bits per heavy atom. The number of ketones is 1. The molecular formula is C19H17ClO4.